The number of rotatable bonds is 6. The summed E-state index contributed by atoms with van der Waals surface area (Å²) in [6.45, 7) is 2.43. The van der Waals surface area contributed by atoms with Crippen LogP contribution in [0.4, 0.5) is 5.69 Å². The second-order valence-corrected chi connectivity index (χ2v) is 8.34. The van der Waals surface area contributed by atoms with Gasteiger partial charge in [-0.3, -0.25) is 0 Å². The van der Waals surface area contributed by atoms with Crippen LogP contribution in [0.1, 0.15) is 35.9 Å². The third kappa shape index (κ3) is 3.99. The first-order chi connectivity index (χ1) is 14.5. The Bertz CT molecular complexity index is 1210. The fraction of sp³-hybridized carbons (Fsp3) is 0.182. The lowest BCUT2D eigenvalue weighted by Crippen LogP contribution is -2.21. The molecule has 0 amide bonds. The zero-order chi connectivity index (χ0) is 21.1. The number of benzene rings is 2. The first kappa shape index (κ1) is 19.9. The molecule has 0 atom stereocenters. The number of para-hydroxylation sites is 1. The Balaban J connectivity index is 1.54. The van der Waals surface area contributed by atoms with Crippen molar-refractivity contribution >= 4 is 27.5 Å². The monoisotopic (exact) mass is 424 g/mol. The molecule has 0 saturated carbocycles. The number of sulfonamides is 1. The van der Waals surface area contributed by atoms with E-state index in [1.54, 1.807) is 54.6 Å². The van der Waals surface area contributed by atoms with Crippen LogP contribution in [0.2, 0.25) is 0 Å². The van der Waals surface area contributed by atoms with Gasteiger partial charge in [0, 0.05) is 5.56 Å². The zero-order valence-corrected chi connectivity index (χ0v) is 17.1. The average molecular weight is 424 g/mol. The molecule has 2 heterocycles. The summed E-state index contributed by atoms with van der Waals surface area (Å²) in [5.74, 6) is 0.582. The number of hydrogen-bond donors (Lipinski definition) is 1. The maximum atomic E-state index is 12.4. The summed E-state index contributed by atoms with van der Waals surface area (Å²) >= 11 is 0. The number of amidine groups is 1. The van der Waals surface area contributed by atoms with Gasteiger partial charge in [0.25, 0.3) is 10.0 Å². The molecule has 4 rings (SSSR count). The lowest BCUT2D eigenvalue weighted by atomic mass is 10.1. The van der Waals surface area contributed by atoms with Crippen LogP contribution < -0.4 is 5.32 Å². The van der Waals surface area contributed by atoms with Crippen LogP contribution in [0.5, 0.6) is 0 Å². The number of unbranched alkanes of at least 4 members (excludes halogenated alkanes) is 1. The van der Waals surface area contributed by atoms with Crippen LogP contribution >= 0.6 is 0 Å². The Morgan fingerprint density at radius 3 is 2.53 bits per heavy atom. The zero-order valence-electron chi connectivity index (χ0n) is 16.3. The van der Waals surface area contributed by atoms with Crippen LogP contribution in [-0.4, -0.2) is 26.8 Å². The van der Waals surface area contributed by atoms with Gasteiger partial charge < -0.3 is 14.5 Å². The second-order valence-electron chi connectivity index (χ2n) is 6.77. The Hall–Kier alpha value is -3.39. The van der Waals surface area contributed by atoms with Gasteiger partial charge in [-0.05, 0) is 42.8 Å². The first-order valence-corrected chi connectivity index (χ1v) is 11.0. The van der Waals surface area contributed by atoms with Gasteiger partial charge in [-0.1, -0.05) is 37.6 Å². The maximum absolute atomic E-state index is 12.4. The second kappa shape index (κ2) is 8.16. The topological polar surface area (TPSA) is 98.0 Å². The highest BCUT2D eigenvalue weighted by Crippen LogP contribution is 2.30. The standard InChI is InChI=1S/C22H20N2O5S/c1-2-3-14-28-22(25)16-10-8-15(9-11-16)18-12-13-19(29-18)21-23-17-6-4-5-7-20(17)30(26,27)24-21/h4-13H,2-3,14H2,1H3,(H,23,24). The van der Waals surface area contributed by atoms with Crippen molar-refractivity contribution in [2.45, 2.75) is 24.7 Å². The molecule has 30 heavy (non-hydrogen) atoms. The van der Waals surface area contributed by atoms with E-state index < -0.39 is 10.0 Å². The van der Waals surface area contributed by atoms with Crippen molar-refractivity contribution in [3.05, 3.63) is 72.0 Å². The van der Waals surface area contributed by atoms with E-state index in [2.05, 4.69) is 9.71 Å². The molecule has 1 aromatic heterocycles. The Morgan fingerprint density at radius 1 is 1.03 bits per heavy atom. The van der Waals surface area contributed by atoms with Crippen LogP contribution in [0.15, 0.2) is 74.4 Å². The maximum Gasteiger partial charge on any atom is 0.338 e. The van der Waals surface area contributed by atoms with Gasteiger partial charge in [-0.15, -0.1) is 4.40 Å². The lowest BCUT2D eigenvalue weighted by Gasteiger charge is -2.16. The van der Waals surface area contributed by atoms with Crippen molar-refractivity contribution < 1.29 is 22.4 Å². The number of esters is 1. The third-order valence-electron chi connectivity index (χ3n) is 4.61. The smallest absolute Gasteiger partial charge is 0.338 e. The van der Waals surface area contributed by atoms with Crippen molar-refractivity contribution in [2.24, 2.45) is 4.40 Å². The number of anilines is 1. The lowest BCUT2D eigenvalue weighted by molar-refractivity contribution is 0.0499. The number of furan rings is 1. The molecule has 1 aliphatic rings. The number of hydrogen-bond acceptors (Lipinski definition) is 6. The SMILES string of the molecule is CCCCOC(=O)c1ccc(-c2ccc(C3=NS(=O)(=O)c4ccccc4N3)o2)cc1. The predicted molar refractivity (Wildman–Crippen MR) is 113 cm³/mol. The van der Waals surface area contributed by atoms with Crippen molar-refractivity contribution in [1.82, 2.24) is 0 Å². The number of ether oxygens (including phenoxy) is 1. The first-order valence-electron chi connectivity index (χ1n) is 9.57. The number of nitrogens with one attached hydrogen (secondary N) is 1. The summed E-state index contributed by atoms with van der Waals surface area (Å²) in [6.07, 6.45) is 1.79. The summed E-state index contributed by atoms with van der Waals surface area (Å²) < 4.78 is 39.7. The molecule has 1 N–H and O–H groups in total. The molecule has 154 valence electrons. The van der Waals surface area contributed by atoms with Gasteiger partial charge in [0.15, 0.2) is 11.6 Å². The van der Waals surface area contributed by atoms with E-state index in [1.807, 2.05) is 6.92 Å². The van der Waals surface area contributed by atoms with Crippen molar-refractivity contribution in [2.75, 3.05) is 11.9 Å². The molecule has 2 aromatic carbocycles. The minimum Gasteiger partial charge on any atom is -0.462 e. The molecule has 0 bridgehead atoms. The summed E-state index contributed by atoms with van der Waals surface area (Å²) in [7, 11) is -3.81. The minimum atomic E-state index is -3.81. The molecule has 0 fully saturated rings. The van der Waals surface area contributed by atoms with E-state index in [0.717, 1.165) is 18.4 Å². The molecule has 0 aliphatic carbocycles. The van der Waals surface area contributed by atoms with E-state index in [4.69, 9.17) is 9.15 Å². The van der Waals surface area contributed by atoms with Crippen molar-refractivity contribution in [3.8, 4) is 11.3 Å². The molecule has 3 aromatic rings. The van der Waals surface area contributed by atoms with E-state index >= 15 is 0 Å². The number of carbonyl (C=O) groups is 1. The Kier molecular flexibility index (Phi) is 5.41. The molecule has 0 radical (unpaired) electrons. The Labute approximate surface area is 174 Å². The van der Waals surface area contributed by atoms with E-state index in [0.29, 0.717) is 29.4 Å². The van der Waals surface area contributed by atoms with E-state index in [1.165, 1.54) is 6.07 Å². The van der Waals surface area contributed by atoms with Gasteiger partial charge in [0.05, 0.1) is 17.9 Å². The van der Waals surface area contributed by atoms with Gasteiger partial charge in [-0.25, -0.2) is 4.79 Å². The van der Waals surface area contributed by atoms with Crippen LogP contribution in [0.25, 0.3) is 11.3 Å². The van der Waals surface area contributed by atoms with Crippen LogP contribution in [0.3, 0.4) is 0 Å². The molecule has 8 heteroatoms. The molecular weight excluding hydrogens is 404 g/mol. The van der Waals surface area contributed by atoms with Crippen molar-refractivity contribution in [1.29, 1.82) is 0 Å². The Morgan fingerprint density at radius 2 is 1.77 bits per heavy atom. The summed E-state index contributed by atoms with van der Waals surface area (Å²) in [5, 5.41) is 3.00. The minimum absolute atomic E-state index is 0.121. The van der Waals surface area contributed by atoms with Crippen LogP contribution in [-0.2, 0) is 14.8 Å². The van der Waals surface area contributed by atoms with Gasteiger partial charge in [0.1, 0.15) is 10.7 Å². The number of fused-ring (bicyclic) bond motifs is 1. The number of nitrogens with zero attached hydrogens (tertiary/aromatic N) is 1. The van der Waals surface area contributed by atoms with E-state index in [-0.39, 0.29) is 16.7 Å². The quantitative estimate of drug-likeness (QED) is 0.463. The average Bonchev–Trinajstić information content (AvgIpc) is 3.24. The van der Waals surface area contributed by atoms with Crippen LogP contribution in [0, 0.1) is 0 Å². The highest BCUT2D eigenvalue weighted by atomic mass is 32.2. The van der Waals surface area contributed by atoms with Gasteiger partial charge in [-0.2, -0.15) is 8.42 Å². The normalized spacial score (nSPS) is 14.4. The highest BCUT2D eigenvalue weighted by Gasteiger charge is 2.26. The fourth-order valence-corrected chi connectivity index (χ4v) is 4.13. The number of carbonyl (C=O) groups excluding carboxylic acids is 1. The predicted octanol–water partition coefficient (Wildman–Crippen LogP) is 4.46. The molecule has 7 nitrogen and oxygen atoms in total. The van der Waals surface area contributed by atoms with Gasteiger partial charge >= 0.3 is 5.97 Å². The van der Waals surface area contributed by atoms with Crippen molar-refractivity contribution in [3.63, 3.8) is 0 Å². The summed E-state index contributed by atoms with van der Waals surface area (Å²) in [6, 6.07) is 16.8. The largest absolute Gasteiger partial charge is 0.462 e. The van der Waals surface area contributed by atoms with Gasteiger partial charge in [0.2, 0.25) is 0 Å². The molecule has 0 spiro atoms. The molecule has 0 saturated heterocycles. The third-order valence-corrected chi connectivity index (χ3v) is 5.94. The molecule has 1 aliphatic heterocycles. The highest BCUT2D eigenvalue weighted by molar-refractivity contribution is 7.90. The summed E-state index contributed by atoms with van der Waals surface area (Å²) in [5.41, 5.74) is 1.65. The molecule has 0 unspecified atom stereocenters. The fourth-order valence-electron chi connectivity index (χ4n) is 3.00. The molecular formula is C22H20N2O5S. The van der Waals surface area contributed by atoms with E-state index in [9.17, 15) is 13.2 Å². The summed E-state index contributed by atoms with van der Waals surface area (Å²) in [4.78, 5) is 12.1.